The van der Waals surface area contributed by atoms with E-state index in [1.807, 2.05) is 33.8 Å². The van der Waals surface area contributed by atoms with Gasteiger partial charge in [-0.25, -0.2) is 4.98 Å². The molecule has 0 spiro atoms. The van der Waals surface area contributed by atoms with Crippen LogP contribution in [-0.2, 0) is 6.54 Å². The van der Waals surface area contributed by atoms with Crippen molar-refractivity contribution in [3.05, 3.63) is 59.7 Å². The maximum Gasteiger partial charge on any atom is 0.270 e. The molecule has 9 heteroatoms. The van der Waals surface area contributed by atoms with Gasteiger partial charge in [0.25, 0.3) is 11.8 Å². The molecule has 2 aliphatic heterocycles. The number of carbonyl (C=O) groups excluding carboxylic acids is 2. The molecule has 5 rings (SSSR count). The Kier molecular flexibility index (Phi) is 4.85. The van der Waals surface area contributed by atoms with Crippen LogP contribution in [0.3, 0.4) is 0 Å². The fourth-order valence-electron chi connectivity index (χ4n) is 4.08. The van der Waals surface area contributed by atoms with Gasteiger partial charge < -0.3 is 15.2 Å². The topological polar surface area (TPSA) is 105 Å². The van der Waals surface area contributed by atoms with E-state index in [-0.39, 0.29) is 23.9 Å². The van der Waals surface area contributed by atoms with Crippen LogP contribution in [0.25, 0.3) is 11.0 Å². The number of amides is 2. The molecule has 0 radical (unpaired) electrons. The summed E-state index contributed by atoms with van der Waals surface area (Å²) in [5, 5.41) is 13.0. The number of rotatable bonds is 4. The van der Waals surface area contributed by atoms with Crippen molar-refractivity contribution in [2.24, 2.45) is 5.10 Å². The summed E-state index contributed by atoms with van der Waals surface area (Å²) >= 11 is 0. The predicted molar refractivity (Wildman–Crippen MR) is 116 cm³/mol. The summed E-state index contributed by atoms with van der Waals surface area (Å²) in [4.78, 5) is 33.9. The van der Waals surface area contributed by atoms with Crippen molar-refractivity contribution >= 4 is 29.1 Å². The van der Waals surface area contributed by atoms with E-state index in [1.165, 1.54) is 0 Å². The average Bonchev–Trinajstić information content (AvgIpc) is 3.34. The molecule has 0 aliphatic carbocycles. The molecular formula is C22H23N7O2. The monoisotopic (exact) mass is 417 g/mol. The van der Waals surface area contributed by atoms with Crippen LogP contribution in [0, 0.1) is 0 Å². The molecule has 2 amide bonds. The molecule has 5 heterocycles. The number of fused-ring (bicyclic) bond motifs is 3. The highest BCUT2D eigenvalue weighted by Crippen LogP contribution is 2.26. The van der Waals surface area contributed by atoms with Crippen LogP contribution in [0.1, 0.15) is 45.9 Å². The number of nitrogens with one attached hydrogen (secondary N) is 2. The van der Waals surface area contributed by atoms with Gasteiger partial charge in [-0.05, 0) is 49.2 Å². The van der Waals surface area contributed by atoms with Crippen LogP contribution < -0.4 is 10.6 Å². The second-order valence-electron chi connectivity index (χ2n) is 7.95. The summed E-state index contributed by atoms with van der Waals surface area (Å²) < 4.78 is 1.93. The molecular weight excluding hydrogens is 394 g/mol. The zero-order valence-corrected chi connectivity index (χ0v) is 17.2. The van der Waals surface area contributed by atoms with Crippen molar-refractivity contribution in [2.75, 3.05) is 13.1 Å². The largest absolute Gasteiger partial charge is 0.351 e. The molecule has 3 aromatic heterocycles. The molecule has 2 aliphatic rings. The first kappa shape index (κ1) is 19.2. The lowest BCUT2D eigenvalue weighted by Gasteiger charge is -2.17. The standard InChI is InChI=1S/C22H23N7O2/c1-14-4-9-24-22(31)19-10-16-2-3-18(27-20(16)29(14)19)21(30)26-17-11-25-28(13-17)12-15-5-7-23-8-6-15/h2-3,5-8,10-11,14,17H,4,9,12-13H2,1H3,(H,24,31)(H,26,30). The molecule has 0 fully saturated rings. The maximum absolute atomic E-state index is 12.9. The first-order chi connectivity index (χ1) is 15.1. The molecule has 2 atom stereocenters. The number of pyridine rings is 2. The molecule has 31 heavy (non-hydrogen) atoms. The first-order valence-corrected chi connectivity index (χ1v) is 10.4. The zero-order valence-electron chi connectivity index (χ0n) is 17.2. The quantitative estimate of drug-likeness (QED) is 0.673. The van der Waals surface area contributed by atoms with E-state index in [2.05, 4.69) is 32.6 Å². The highest BCUT2D eigenvalue weighted by molar-refractivity contribution is 6.00. The molecule has 0 saturated carbocycles. The number of hydrazone groups is 1. The van der Waals surface area contributed by atoms with E-state index >= 15 is 0 Å². The van der Waals surface area contributed by atoms with Gasteiger partial charge in [-0.3, -0.25) is 19.6 Å². The normalized spacial score (nSPS) is 20.4. The SMILES string of the molecule is CC1CCNC(=O)c2cc3ccc(C(=O)NC4C=NN(Cc5ccncc5)C4)nc3n21. The third-order valence-electron chi connectivity index (χ3n) is 5.69. The lowest BCUT2D eigenvalue weighted by Crippen LogP contribution is -2.39. The Morgan fingerprint density at radius 3 is 2.94 bits per heavy atom. The second-order valence-corrected chi connectivity index (χ2v) is 7.95. The summed E-state index contributed by atoms with van der Waals surface area (Å²) in [7, 11) is 0. The number of hydrogen-bond acceptors (Lipinski definition) is 6. The summed E-state index contributed by atoms with van der Waals surface area (Å²) in [6.45, 7) is 3.93. The lowest BCUT2D eigenvalue weighted by atomic mass is 10.2. The third kappa shape index (κ3) is 3.74. The van der Waals surface area contributed by atoms with E-state index in [9.17, 15) is 9.59 Å². The second kappa shape index (κ2) is 7.82. The van der Waals surface area contributed by atoms with Crippen molar-refractivity contribution < 1.29 is 9.59 Å². The summed E-state index contributed by atoms with van der Waals surface area (Å²) in [5.41, 5.74) is 2.68. The van der Waals surface area contributed by atoms with Crippen LogP contribution in [0.4, 0.5) is 0 Å². The molecule has 158 valence electrons. The van der Waals surface area contributed by atoms with Gasteiger partial charge in [0.15, 0.2) is 0 Å². The Morgan fingerprint density at radius 2 is 2.10 bits per heavy atom. The van der Waals surface area contributed by atoms with Crippen LogP contribution in [0.2, 0.25) is 0 Å². The lowest BCUT2D eigenvalue weighted by molar-refractivity contribution is 0.0935. The molecule has 0 saturated heterocycles. The Balaban J connectivity index is 1.31. The summed E-state index contributed by atoms with van der Waals surface area (Å²) in [6, 6.07) is 9.19. The number of carbonyl (C=O) groups is 2. The maximum atomic E-state index is 12.9. The first-order valence-electron chi connectivity index (χ1n) is 10.4. The molecule has 2 unspecified atom stereocenters. The molecule has 0 aromatic carbocycles. The van der Waals surface area contributed by atoms with E-state index in [1.54, 1.807) is 24.7 Å². The Morgan fingerprint density at radius 1 is 1.26 bits per heavy atom. The highest BCUT2D eigenvalue weighted by atomic mass is 16.2. The van der Waals surface area contributed by atoms with Crippen molar-refractivity contribution in [1.29, 1.82) is 0 Å². The smallest absolute Gasteiger partial charge is 0.270 e. The minimum atomic E-state index is -0.259. The van der Waals surface area contributed by atoms with Gasteiger partial charge in [0.1, 0.15) is 17.0 Å². The number of aromatic nitrogens is 3. The van der Waals surface area contributed by atoms with E-state index in [0.29, 0.717) is 36.7 Å². The Bertz CT molecular complexity index is 1170. The van der Waals surface area contributed by atoms with Gasteiger partial charge in [-0.1, -0.05) is 0 Å². The van der Waals surface area contributed by atoms with E-state index < -0.39 is 0 Å². The van der Waals surface area contributed by atoms with Gasteiger partial charge in [-0.15, -0.1) is 0 Å². The van der Waals surface area contributed by atoms with Gasteiger partial charge in [0.05, 0.1) is 19.1 Å². The van der Waals surface area contributed by atoms with Crippen molar-refractivity contribution in [1.82, 2.24) is 30.2 Å². The van der Waals surface area contributed by atoms with Gasteiger partial charge in [0, 0.05) is 36.6 Å². The Hall–Kier alpha value is -3.75. The van der Waals surface area contributed by atoms with Gasteiger partial charge >= 0.3 is 0 Å². The zero-order chi connectivity index (χ0) is 21.4. The fraction of sp³-hybridized carbons (Fsp3) is 0.318. The van der Waals surface area contributed by atoms with Crippen molar-refractivity contribution in [3.8, 4) is 0 Å². The summed E-state index contributed by atoms with van der Waals surface area (Å²) in [5.74, 6) is -0.366. The average molecular weight is 417 g/mol. The molecule has 0 bridgehead atoms. The molecule has 2 N–H and O–H groups in total. The van der Waals surface area contributed by atoms with Crippen LogP contribution >= 0.6 is 0 Å². The predicted octanol–water partition coefficient (Wildman–Crippen LogP) is 1.73. The Labute approximate surface area is 179 Å². The minimum absolute atomic E-state index is 0.107. The number of nitrogens with zero attached hydrogens (tertiary/aromatic N) is 5. The van der Waals surface area contributed by atoms with Crippen molar-refractivity contribution in [3.63, 3.8) is 0 Å². The van der Waals surface area contributed by atoms with Crippen LogP contribution in [-0.4, -0.2) is 56.7 Å². The third-order valence-corrected chi connectivity index (χ3v) is 5.69. The molecule has 9 nitrogen and oxygen atoms in total. The number of hydrogen-bond donors (Lipinski definition) is 2. The molecule has 3 aromatic rings. The van der Waals surface area contributed by atoms with E-state index in [4.69, 9.17) is 0 Å². The fourth-order valence-corrected chi connectivity index (χ4v) is 4.08. The van der Waals surface area contributed by atoms with Crippen molar-refractivity contribution in [2.45, 2.75) is 32.0 Å². The summed E-state index contributed by atoms with van der Waals surface area (Å²) in [6.07, 6.45) is 6.06. The highest BCUT2D eigenvalue weighted by Gasteiger charge is 2.25. The van der Waals surface area contributed by atoms with E-state index in [0.717, 1.165) is 17.4 Å². The van der Waals surface area contributed by atoms with Crippen LogP contribution in [0.5, 0.6) is 0 Å². The van der Waals surface area contributed by atoms with Crippen LogP contribution in [0.15, 0.2) is 47.8 Å². The minimum Gasteiger partial charge on any atom is -0.351 e. The van der Waals surface area contributed by atoms with Gasteiger partial charge in [0.2, 0.25) is 0 Å². The van der Waals surface area contributed by atoms with Gasteiger partial charge in [-0.2, -0.15) is 5.10 Å².